The Labute approximate surface area is 112 Å². The molecule has 0 N–H and O–H groups in total. The van der Waals surface area contributed by atoms with E-state index in [-0.39, 0.29) is 0 Å². The van der Waals surface area contributed by atoms with Gasteiger partial charge in [-0.1, -0.05) is 15.9 Å². The molecule has 0 saturated heterocycles. The molecule has 1 atom stereocenters. The minimum absolute atomic E-state index is 0.372. The van der Waals surface area contributed by atoms with E-state index >= 15 is 0 Å². The number of halogens is 1. The number of nitrogens with zero attached hydrogens (tertiary/aromatic N) is 3. The van der Waals surface area contributed by atoms with Gasteiger partial charge in [-0.05, 0) is 27.0 Å². The van der Waals surface area contributed by atoms with Crippen molar-refractivity contribution in [3.05, 3.63) is 17.5 Å². The van der Waals surface area contributed by atoms with Crippen LogP contribution in [-0.2, 0) is 17.8 Å². The van der Waals surface area contributed by atoms with Crippen LogP contribution < -0.4 is 0 Å². The van der Waals surface area contributed by atoms with E-state index in [1.54, 1.807) is 7.11 Å². The van der Waals surface area contributed by atoms with E-state index in [1.807, 2.05) is 6.92 Å². The van der Waals surface area contributed by atoms with Crippen LogP contribution in [0.15, 0.2) is 6.07 Å². The van der Waals surface area contributed by atoms with Gasteiger partial charge in [-0.3, -0.25) is 9.58 Å². The number of alkyl halides is 1. The van der Waals surface area contributed by atoms with Crippen LogP contribution >= 0.6 is 15.9 Å². The van der Waals surface area contributed by atoms with Gasteiger partial charge in [0, 0.05) is 26.7 Å². The van der Waals surface area contributed by atoms with E-state index in [2.05, 4.69) is 50.6 Å². The second-order valence-electron chi connectivity index (χ2n) is 4.34. The lowest BCUT2D eigenvalue weighted by Gasteiger charge is -2.20. The summed E-state index contributed by atoms with van der Waals surface area (Å²) in [5.74, 6) is 0. The second-order valence-corrected chi connectivity index (χ2v) is 5.64. The highest BCUT2D eigenvalue weighted by molar-refractivity contribution is 9.09. The van der Waals surface area contributed by atoms with Gasteiger partial charge in [0.25, 0.3) is 0 Å². The molecule has 1 unspecified atom stereocenters. The summed E-state index contributed by atoms with van der Waals surface area (Å²) in [6.45, 7) is 7.69. The Hall–Kier alpha value is -0.390. The number of hydrogen-bond acceptors (Lipinski definition) is 3. The second kappa shape index (κ2) is 7.13. The van der Waals surface area contributed by atoms with Gasteiger partial charge < -0.3 is 4.74 Å². The molecular weight excluding hydrogens is 282 g/mol. The van der Waals surface area contributed by atoms with Crippen molar-refractivity contribution in [2.24, 2.45) is 0 Å². The van der Waals surface area contributed by atoms with Crippen molar-refractivity contribution >= 4 is 15.9 Å². The Kier molecular flexibility index (Phi) is 6.16. The lowest BCUT2D eigenvalue weighted by molar-refractivity contribution is 0.184. The molecule has 1 rings (SSSR count). The number of methoxy groups -OCH3 is 1. The van der Waals surface area contributed by atoms with Crippen molar-refractivity contribution in [1.29, 1.82) is 0 Å². The largest absolute Gasteiger partial charge is 0.383 e. The van der Waals surface area contributed by atoms with Crippen molar-refractivity contribution in [3.63, 3.8) is 0 Å². The topological polar surface area (TPSA) is 30.3 Å². The van der Waals surface area contributed by atoms with Crippen molar-refractivity contribution < 1.29 is 4.74 Å². The molecule has 0 radical (unpaired) electrons. The summed E-state index contributed by atoms with van der Waals surface area (Å²) in [5.41, 5.74) is 2.35. The summed E-state index contributed by atoms with van der Waals surface area (Å²) < 4.78 is 7.17. The minimum Gasteiger partial charge on any atom is -0.383 e. The fourth-order valence-electron chi connectivity index (χ4n) is 1.91. The molecule has 0 amide bonds. The summed E-state index contributed by atoms with van der Waals surface area (Å²) in [6.07, 6.45) is 0. The van der Waals surface area contributed by atoms with E-state index in [0.29, 0.717) is 4.83 Å². The highest BCUT2D eigenvalue weighted by Gasteiger charge is 2.11. The molecule has 4 nitrogen and oxygen atoms in total. The predicted molar refractivity (Wildman–Crippen MR) is 73.6 cm³/mol. The van der Waals surface area contributed by atoms with Crippen molar-refractivity contribution in [3.8, 4) is 0 Å². The average Bonchev–Trinajstić information content (AvgIpc) is 2.58. The zero-order valence-electron chi connectivity index (χ0n) is 11.1. The summed E-state index contributed by atoms with van der Waals surface area (Å²) in [5, 5.41) is 4.45. The van der Waals surface area contributed by atoms with Crippen LogP contribution in [0.2, 0.25) is 0 Å². The van der Waals surface area contributed by atoms with E-state index < -0.39 is 0 Å². The van der Waals surface area contributed by atoms with E-state index in [9.17, 15) is 0 Å². The highest BCUT2D eigenvalue weighted by Crippen LogP contribution is 2.09. The fraction of sp³-hybridized carbons (Fsp3) is 0.750. The Balaban J connectivity index is 2.52. The van der Waals surface area contributed by atoms with Gasteiger partial charge in [-0.2, -0.15) is 5.10 Å². The Morgan fingerprint density at radius 2 is 2.29 bits per heavy atom. The number of aromatic nitrogens is 2. The third kappa shape index (κ3) is 4.77. The predicted octanol–water partition coefficient (Wildman–Crippen LogP) is 2.05. The molecule has 98 valence electrons. The fourth-order valence-corrected chi connectivity index (χ4v) is 2.67. The molecule has 17 heavy (non-hydrogen) atoms. The van der Waals surface area contributed by atoms with Gasteiger partial charge >= 0.3 is 0 Å². The molecule has 5 heteroatoms. The van der Waals surface area contributed by atoms with Crippen LogP contribution in [-0.4, -0.2) is 46.8 Å². The minimum atomic E-state index is 0.372. The van der Waals surface area contributed by atoms with E-state index in [0.717, 1.165) is 31.9 Å². The first-order valence-corrected chi connectivity index (χ1v) is 6.83. The summed E-state index contributed by atoms with van der Waals surface area (Å²) in [4.78, 5) is 2.65. The maximum absolute atomic E-state index is 5.11. The monoisotopic (exact) mass is 303 g/mol. The van der Waals surface area contributed by atoms with Gasteiger partial charge in [0.15, 0.2) is 0 Å². The summed E-state index contributed by atoms with van der Waals surface area (Å²) >= 11 is 3.60. The summed E-state index contributed by atoms with van der Waals surface area (Å²) in [7, 11) is 3.84. The SMILES string of the molecule is CCn1nc(C)cc1CN(C)CC(Br)COC. The smallest absolute Gasteiger partial charge is 0.0600 e. The normalized spacial score (nSPS) is 13.3. The molecule has 1 heterocycles. The number of rotatable bonds is 7. The third-order valence-electron chi connectivity index (χ3n) is 2.57. The van der Waals surface area contributed by atoms with Crippen LogP contribution in [0.25, 0.3) is 0 Å². The van der Waals surface area contributed by atoms with Gasteiger partial charge in [0.1, 0.15) is 0 Å². The van der Waals surface area contributed by atoms with Crippen molar-refractivity contribution in [2.75, 3.05) is 27.3 Å². The van der Waals surface area contributed by atoms with Gasteiger partial charge in [-0.25, -0.2) is 0 Å². The highest BCUT2D eigenvalue weighted by atomic mass is 79.9. The molecule has 1 aromatic heterocycles. The molecule has 1 aromatic rings. The Morgan fingerprint density at radius 1 is 1.59 bits per heavy atom. The van der Waals surface area contributed by atoms with Crippen molar-refractivity contribution in [1.82, 2.24) is 14.7 Å². The van der Waals surface area contributed by atoms with Gasteiger partial charge in [0.2, 0.25) is 0 Å². The van der Waals surface area contributed by atoms with Crippen LogP contribution in [0.5, 0.6) is 0 Å². The molecule has 0 aromatic carbocycles. The zero-order chi connectivity index (χ0) is 12.8. The molecule has 0 aliphatic carbocycles. The zero-order valence-corrected chi connectivity index (χ0v) is 12.7. The van der Waals surface area contributed by atoms with Gasteiger partial charge in [0.05, 0.1) is 22.8 Å². The van der Waals surface area contributed by atoms with E-state index in [4.69, 9.17) is 4.74 Å². The lowest BCUT2D eigenvalue weighted by Crippen LogP contribution is -2.28. The van der Waals surface area contributed by atoms with E-state index in [1.165, 1.54) is 5.69 Å². The summed E-state index contributed by atoms with van der Waals surface area (Å²) in [6, 6.07) is 2.15. The van der Waals surface area contributed by atoms with Gasteiger partial charge in [-0.15, -0.1) is 0 Å². The van der Waals surface area contributed by atoms with Crippen molar-refractivity contribution in [2.45, 2.75) is 31.8 Å². The average molecular weight is 304 g/mol. The van der Waals surface area contributed by atoms with Crippen LogP contribution in [0.1, 0.15) is 18.3 Å². The molecule has 0 aliphatic rings. The number of hydrogen-bond donors (Lipinski definition) is 0. The molecule has 0 aliphatic heterocycles. The Bertz CT molecular complexity index is 340. The third-order valence-corrected chi connectivity index (χ3v) is 3.13. The Morgan fingerprint density at radius 3 is 2.88 bits per heavy atom. The molecule has 0 fully saturated rings. The molecule has 0 spiro atoms. The van der Waals surface area contributed by atoms with Crippen LogP contribution in [0.3, 0.4) is 0 Å². The quantitative estimate of drug-likeness (QED) is 0.722. The molecule has 0 saturated carbocycles. The first-order valence-electron chi connectivity index (χ1n) is 5.91. The first kappa shape index (κ1) is 14.7. The van der Waals surface area contributed by atoms with Crippen LogP contribution in [0, 0.1) is 6.92 Å². The van der Waals surface area contributed by atoms with Crippen LogP contribution in [0.4, 0.5) is 0 Å². The lowest BCUT2D eigenvalue weighted by atomic mass is 10.3. The first-order chi connectivity index (χ1) is 8.06. The standard InChI is InChI=1S/C12H22BrN3O/c1-5-16-12(6-10(2)14-16)8-15(3)7-11(13)9-17-4/h6,11H,5,7-9H2,1-4H3. The number of ether oxygens (including phenoxy) is 1. The molecular formula is C12H22BrN3O. The molecule has 0 bridgehead atoms. The maximum Gasteiger partial charge on any atom is 0.0600 e. The number of aryl methyl sites for hydroxylation is 2. The maximum atomic E-state index is 5.11.